The maximum atomic E-state index is 6.34. The highest BCUT2D eigenvalue weighted by Crippen LogP contribution is 2.57. The molecule has 2 aliphatic carbocycles. The highest BCUT2D eigenvalue weighted by atomic mass is 35.5. The molecule has 1 aliphatic heterocycles. The van der Waals surface area contributed by atoms with Crippen molar-refractivity contribution in [2.45, 2.75) is 24.1 Å². The minimum Gasteiger partial charge on any atom is -0.380 e. The fourth-order valence-electron chi connectivity index (χ4n) is 2.69. The molecule has 0 radical (unpaired) electrons. The number of hydrogen-bond acceptors (Lipinski definition) is 4. The van der Waals surface area contributed by atoms with Gasteiger partial charge < -0.3 is 10.1 Å². The van der Waals surface area contributed by atoms with Crippen LogP contribution in [0.4, 0.5) is 5.13 Å². The number of thiazole rings is 1. The molecule has 3 fully saturated rings. The molecule has 1 N–H and O–H groups in total. The smallest absolute Gasteiger partial charge is 0.182 e. The van der Waals surface area contributed by atoms with Gasteiger partial charge in [-0.3, -0.25) is 0 Å². The van der Waals surface area contributed by atoms with Crippen LogP contribution in [0, 0.1) is 11.3 Å². The summed E-state index contributed by atoms with van der Waals surface area (Å²) in [5, 5.41) is 6.56. The van der Waals surface area contributed by atoms with E-state index in [0.717, 1.165) is 49.3 Å². The molecule has 1 saturated heterocycles. The van der Waals surface area contributed by atoms with Gasteiger partial charge >= 0.3 is 0 Å². The molecule has 17 heavy (non-hydrogen) atoms. The molecule has 0 spiro atoms. The van der Waals surface area contributed by atoms with E-state index in [0.29, 0.717) is 5.41 Å². The summed E-state index contributed by atoms with van der Waals surface area (Å²) < 4.78 is 5.49. The zero-order valence-electron chi connectivity index (χ0n) is 9.54. The molecule has 0 bridgehead atoms. The van der Waals surface area contributed by atoms with Crippen LogP contribution in [0.5, 0.6) is 0 Å². The highest BCUT2D eigenvalue weighted by molar-refractivity contribution is 7.13. The Labute approximate surface area is 110 Å². The van der Waals surface area contributed by atoms with Crippen molar-refractivity contribution in [3.05, 3.63) is 11.1 Å². The first-order valence-electron chi connectivity index (χ1n) is 6.17. The Morgan fingerprint density at radius 1 is 1.59 bits per heavy atom. The van der Waals surface area contributed by atoms with E-state index < -0.39 is 0 Å². The minimum atomic E-state index is -0.132. The van der Waals surface area contributed by atoms with Crippen molar-refractivity contribution in [2.75, 3.05) is 25.1 Å². The SMILES string of the molecule is ClC1(c2csc(NC[C@@]34COC[C@@H]3C4)n2)CC1. The number of fused-ring (bicyclic) bond motifs is 1. The van der Waals surface area contributed by atoms with Crippen LogP contribution in [0.1, 0.15) is 25.0 Å². The Balaban J connectivity index is 1.41. The maximum absolute atomic E-state index is 6.34. The Bertz CT molecular complexity index is 459. The van der Waals surface area contributed by atoms with Crippen LogP contribution in [0.25, 0.3) is 0 Å². The van der Waals surface area contributed by atoms with Crippen LogP contribution >= 0.6 is 22.9 Å². The molecule has 1 aromatic rings. The van der Waals surface area contributed by atoms with E-state index in [1.807, 2.05) is 0 Å². The Hall–Kier alpha value is -0.320. The van der Waals surface area contributed by atoms with Gasteiger partial charge in [-0.15, -0.1) is 22.9 Å². The molecular formula is C12H15ClN2OS. The van der Waals surface area contributed by atoms with Crippen LogP contribution in [0.2, 0.25) is 0 Å². The summed E-state index contributed by atoms with van der Waals surface area (Å²) in [6.07, 6.45) is 3.45. The lowest BCUT2D eigenvalue weighted by Gasteiger charge is -2.11. The Kier molecular flexibility index (Phi) is 2.10. The molecule has 3 nitrogen and oxygen atoms in total. The van der Waals surface area contributed by atoms with Gasteiger partial charge in [-0.2, -0.15) is 0 Å². The number of alkyl halides is 1. The topological polar surface area (TPSA) is 34.1 Å². The summed E-state index contributed by atoms with van der Waals surface area (Å²) in [7, 11) is 0. The number of rotatable bonds is 4. The van der Waals surface area contributed by atoms with E-state index in [-0.39, 0.29) is 4.87 Å². The average Bonchev–Trinajstić information content (AvgIpc) is 3.11. The van der Waals surface area contributed by atoms with Crippen molar-refractivity contribution in [1.29, 1.82) is 0 Å². The van der Waals surface area contributed by atoms with Crippen LogP contribution in [0.3, 0.4) is 0 Å². The number of halogens is 1. The van der Waals surface area contributed by atoms with Crippen molar-refractivity contribution >= 4 is 28.1 Å². The van der Waals surface area contributed by atoms with E-state index in [1.165, 1.54) is 6.42 Å². The van der Waals surface area contributed by atoms with Crippen LogP contribution in [-0.4, -0.2) is 24.7 Å². The van der Waals surface area contributed by atoms with Crippen molar-refractivity contribution in [3.63, 3.8) is 0 Å². The predicted octanol–water partition coefficient (Wildman–Crippen LogP) is 2.82. The van der Waals surface area contributed by atoms with Crippen LogP contribution in [0.15, 0.2) is 5.38 Å². The van der Waals surface area contributed by atoms with Gasteiger partial charge in [0.05, 0.1) is 23.8 Å². The van der Waals surface area contributed by atoms with E-state index in [2.05, 4.69) is 15.7 Å². The third-order valence-corrected chi connectivity index (χ3v) is 5.68. The first-order valence-corrected chi connectivity index (χ1v) is 7.43. The predicted molar refractivity (Wildman–Crippen MR) is 68.7 cm³/mol. The number of ether oxygens (including phenoxy) is 1. The van der Waals surface area contributed by atoms with Gasteiger partial charge in [-0.25, -0.2) is 4.98 Å². The third-order valence-electron chi connectivity index (χ3n) is 4.31. The Morgan fingerprint density at radius 2 is 2.47 bits per heavy atom. The minimum absolute atomic E-state index is 0.132. The quantitative estimate of drug-likeness (QED) is 0.855. The second kappa shape index (κ2) is 3.37. The standard InChI is InChI=1S/C12H15ClN2OS/c13-12(1-2-12)9-5-17-10(15-9)14-6-11-3-8(11)4-16-7-11/h5,8H,1-4,6-7H2,(H,14,15)/t8-,11-/m0/s1. The third kappa shape index (κ3) is 1.69. The molecule has 92 valence electrons. The van der Waals surface area contributed by atoms with Gasteiger partial charge in [-0.05, 0) is 25.2 Å². The number of hydrogen-bond donors (Lipinski definition) is 1. The molecule has 1 aromatic heterocycles. The lowest BCUT2D eigenvalue weighted by molar-refractivity contribution is 0.149. The lowest BCUT2D eigenvalue weighted by atomic mass is 10.1. The first kappa shape index (κ1) is 10.6. The molecule has 0 amide bonds. The maximum Gasteiger partial charge on any atom is 0.182 e. The zero-order valence-corrected chi connectivity index (χ0v) is 11.1. The monoisotopic (exact) mass is 270 g/mol. The normalized spacial score (nSPS) is 36.6. The molecule has 2 atom stereocenters. The summed E-state index contributed by atoms with van der Waals surface area (Å²) in [6.45, 7) is 2.87. The molecule has 2 heterocycles. The Morgan fingerprint density at radius 3 is 3.12 bits per heavy atom. The molecular weight excluding hydrogens is 256 g/mol. The van der Waals surface area contributed by atoms with Gasteiger partial charge in [-0.1, -0.05) is 0 Å². The largest absolute Gasteiger partial charge is 0.380 e. The van der Waals surface area contributed by atoms with Crippen LogP contribution in [-0.2, 0) is 9.61 Å². The summed E-state index contributed by atoms with van der Waals surface area (Å²) in [4.78, 5) is 4.46. The molecule has 0 unspecified atom stereocenters. The average molecular weight is 271 g/mol. The highest BCUT2D eigenvalue weighted by Gasteiger charge is 2.58. The van der Waals surface area contributed by atoms with Crippen molar-refractivity contribution in [3.8, 4) is 0 Å². The molecule has 2 saturated carbocycles. The van der Waals surface area contributed by atoms with Gasteiger partial charge in [0.25, 0.3) is 0 Å². The van der Waals surface area contributed by atoms with Crippen molar-refractivity contribution in [1.82, 2.24) is 4.98 Å². The van der Waals surface area contributed by atoms with Gasteiger partial charge in [0.2, 0.25) is 0 Å². The molecule has 3 aliphatic rings. The second-order valence-corrected chi connectivity index (χ2v) is 7.22. The number of nitrogens with zero attached hydrogens (tertiary/aromatic N) is 1. The summed E-state index contributed by atoms with van der Waals surface area (Å²) in [5.74, 6) is 0.789. The van der Waals surface area contributed by atoms with Gasteiger partial charge in [0.15, 0.2) is 5.13 Å². The number of anilines is 1. The van der Waals surface area contributed by atoms with E-state index in [9.17, 15) is 0 Å². The lowest BCUT2D eigenvalue weighted by Crippen LogP contribution is -2.18. The summed E-state index contributed by atoms with van der Waals surface area (Å²) >= 11 is 8.01. The van der Waals surface area contributed by atoms with Crippen molar-refractivity contribution in [2.24, 2.45) is 11.3 Å². The first-order chi connectivity index (χ1) is 8.20. The summed E-state index contributed by atoms with van der Waals surface area (Å²) in [5.41, 5.74) is 1.48. The molecule has 5 heteroatoms. The zero-order chi connectivity index (χ0) is 11.5. The van der Waals surface area contributed by atoms with Crippen molar-refractivity contribution < 1.29 is 4.74 Å². The van der Waals surface area contributed by atoms with Gasteiger partial charge in [0, 0.05) is 17.3 Å². The van der Waals surface area contributed by atoms with Gasteiger partial charge in [0.1, 0.15) is 0 Å². The number of aromatic nitrogens is 1. The van der Waals surface area contributed by atoms with E-state index in [4.69, 9.17) is 16.3 Å². The summed E-state index contributed by atoms with van der Waals surface area (Å²) in [6, 6.07) is 0. The molecule has 4 rings (SSSR count). The van der Waals surface area contributed by atoms with E-state index >= 15 is 0 Å². The fraction of sp³-hybridized carbons (Fsp3) is 0.750. The van der Waals surface area contributed by atoms with Crippen LogP contribution < -0.4 is 5.32 Å². The van der Waals surface area contributed by atoms with E-state index in [1.54, 1.807) is 11.3 Å². The second-order valence-electron chi connectivity index (χ2n) is 5.64. The number of nitrogens with one attached hydrogen (secondary N) is 1. The molecule has 0 aromatic carbocycles. The fourth-order valence-corrected chi connectivity index (χ4v) is 3.76.